The second-order valence-electron chi connectivity index (χ2n) is 5.06. The average molecular weight is 356 g/mol. The predicted octanol–water partition coefficient (Wildman–Crippen LogP) is 4.42. The van der Waals surface area contributed by atoms with Gasteiger partial charge in [0.05, 0.1) is 38.0 Å². The number of alkyl halides is 1. The topological polar surface area (TPSA) is 62.6 Å². The normalized spacial score (nSPS) is 13.0. The molecule has 0 fully saturated rings. The molecule has 0 saturated heterocycles. The van der Waals surface area contributed by atoms with E-state index in [0.29, 0.717) is 11.4 Å². The number of nitrogens with zero attached hydrogens (tertiary/aromatic N) is 2. The number of halogens is 1. The van der Waals surface area contributed by atoms with Crippen molar-refractivity contribution >= 4 is 7.60 Å². The van der Waals surface area contributed by atoms with Gasteiger partial charge in [-0.15, -0.1) is 0 Å². The molecule has 2 rings (SSSR count). The Morgan fingerprint density at radius 1 is 1.29 bits per heavy atom. The standard InChI is InChI=1S/C16H22FN2O4P/c1-5-22-24(20,23-6-2)16(17)13-7-8-14(15(9-13)21-4)19-10-12(3)18-11-19/h7-11,16H,5-6H2,1-4H3. The number of rotatable bonds is 8. The van der Waals surface area contributed by atoms with Crippen LogP contribution < -0.4 is 4.74 Å². The molecule has 0 radical (unpaired) electrons. The van der Waals surface area contributed by atoms with E-state index >= 15 is 0 Å². The predicted molar refractivity (Wildman–Crippen MR) is 89.6 cm³/mol. The molecule has 1 aromatic carbocycles. The highest BCUT2D eigenvalue weighted by atomic mass is 31.2. The van der Waals surface area contributed by atoms with Gasteiger partial charge in [-0.25, -0.2) is 9.37 Å². The number of aryl methyl sites for hydroxylation is 1. The number of aromatic nitrogens is 2. The molecule has 24 heavy (non-hydrogen) atoms. The van der Waals surface area contributed by atoms with Crippen LogP contribution in [0.5, 0.6) is 5.75 Å². The fourth-order valence-corrected chi connectivity index (χ4v) is 3.90. The third-order valence-corrected chi connectivity index (χ3v) is 5.45. The van der Waals surface area contributed by atoms with E-state index in [0.717, 1.165) is 5.69 Å². The van der Waals surface area contributed by atoms with Crippen LogP contribution in [0.4, 0.5) is 4.39 Å². The lowest BCUT2D eigenvalue weighted by atomic mass is 10.2. The van der Waals surface area contributed by atoms with Crippen molar-refractivity contribution in [2.75, 3.05) is 20.3 Å². The van der Waals surface area contributed by atoms with E-state index in [2.05, 4.69) is 4.98 Å². The first-order valence-corrected chi connectivity index (χ1v) is 9.28. The first-order valence-electron chi connectivity index (χ1n) is 7.67. The molecule has 0 aliphatic rings. The van der Waals surface area contributed by atoms with Crippen molar-refractivity contribution in [3.63, 3.8) is 0 Å². The molecule has 132 valence electrons. The van der Waals surface area contributed by atoms with Crippen LogP contribution in [0.15, 0.2) is 30.7 Å². The molecule has 0 saturated carbocycles. The zero-order chi connectivity index (χ0) is 17.7. The summed E-state index contributed by atoms with van der Waals surface area (Å²) in [4.78, 5) is 4.16. The van der Waals surface area contributed by atoms with Crippen LogP contribution in [0.25, 0.3) is 5.69 Å². The minimum atomic E-state index is -3.89. The van der Waals surface area contributed by atoms with E-state index in [-0.39, 0.29) is 18.8 Å². The number of ether oxygens (including phenoxy) is 1. The highest BCUT2D eigenvalue weighted by Crippen LogP contribution is 2.62. The Bertz CT molecular complexity index is 725. The Morgan fingerprint density at radius 3 is 2.46 bits per heavy atom. The van der Waals surface area contributed by atoms with Crippen molar-refractivity contribution < 1.29 is 22.7 Å². The molecular formula is C16H22FN2O4P. The van der Waals surface area contributed by atoms with Crippen molar-refractivity contribution in [2.24, 2.45) is 0 Å². The maximum Gasteiger partial charge on any atom is 0.369 e. The lowest BCUT2D eigenvalue weighted by Gasteiger charge is -2.21. The maximum absolute atomic E-state index is 14.8. The zero-order valence-corrected chi connectivity index (χ0v) is 15.1. The summed E-state index contributed by atoms with van der Waals surface area (Å²) in [6, 6.07) is 4.73. The van der Waals surface area contributed by atoms with Gasteiger partial charge in [-0.3, -0.25) is 4.57 Å². The van der Waals surface area contributed by atoms with Crippen molar-refractivity contribution in [1.29, 1.82) is 0 Å². The molecule has 8 heteroatoms. The van der Waals surface area contributed by atoms with Gasteiger partial charge in [0.2, 0.25) is 5.91 Å². The number of methoxy groups -OCH3 is 1. The Balaban J connectivity index is 2.39. The molecule has 1 unspecified atom stereocenters. The molecule has 0 N–H and O–H groups in total. The third-order valence-electron chi connectivity index (χ3n) is 3.36. The van der Waals surface area contributed by atoms with Gasteiger partial charge in [0, 0.05) is 11.8 Å². The molecule has 1 aromatic heterocycles. The van der Waals surface area contributed by atoms with Crippen LogP contribution in [-0.2, 0) is 13.6 Å². The Kier molecular flexibility index (Phi) is 6.15. The second-order valence-corrected chi connectivity index (χ2v) is 7.11. The Hall–Kier alpha value is -1.69. The highest BCUT2D eigenvalue weighted by Gasteiger charge is 2.37. The summed E-state index contributed by atoms with van der Waals surface area (Å²) in [5.74, 6) is -1.45. The van der Waals surface area contributed by atoms with Crippen LogP contribution in [0.3, 0.4) is 0 Å². The lowest BCUT2D eigenvalue weighted by molar-refractivity contribution is 0.190. The van der Waals surface area contributed by atoms with Crippen molar-refractivity contribution in [1.82, 2.24) is 9.55 Å². The quantitative estimate of drug-likeness (QED) is 0.655. The summed E-state index contributed by atoms with van der Waals surface area (Å²) in [6.45, 7) is 5.35. The molecule has 2 aromatic rings. The van der Waals surface area contributed by atoms with E-state index in [4.69, 9.17) is 13.8 Å². The molecule has 6 nitrogen and oxygen atoms in total. The molecule has 0 spiro atoms. The van der Waals surface area contributed by atoms with Gasteiger partial charge in [-0.1, -0.05) is 6.07 Å². The number of benzene rings is 1. The first kappa shape index (κ1) is 18.6. The van der Waals surface area contributed by atoms with E-state index in [1.165, 1.54) is 13.2 Å². The maximum atomic E-state index is 14.8. The molecule has 0 aliphatic carbocycles. The molecule has 1 atom stereocenters. The summed E-state index contributed by atoms with van der Waals surface area (Å²) in [6.07, 6.45) is 3.47. The summed E-state index contributed by atoms with van der Waals surface area (Å²) in [5.41, 5.74) is 1.73. The van der Waals surface area contributed by atoms with Crippen LogP contribution >= 0.6 is 7.60 Å². The van der Waals surface area contributed by atoms with Gasteiger partial charge >= 0.3 is 7.60 Å². The SMILES string of the molecule is CCOP(=O)(OCC)C(F)c1ccc(-n2cnc(C)c2)c(OC)c1. The van der Waals surface area contributed by atoms with Crippen molar-refractivity contribution in [2.45, 2.75) is 26.7 Å². The fraction of sp³-hybridized carbons (Fsp3) is 0.438. The number of imidazole rings is 1. The van der Waals surface area contributed by atoms with Crippen LogP contribution in [0, 0.1) is 6.92 Å². The third kappa shape index (κ3) is 3.86. The summed E-state index contributed by atoms with van der Waals surface area (Å²) in [7, 11) is -2.40. The summed E-state index contributed by atoms with van der Waals surface area (Å²) in [5, 5.41) is 0. The monoisotopic (exact) mass is 356 g/mol. The molecule has 0 amide bonds. The second kappa shape index (κ2) is 7.92. The van der Waals surface area contributed by atoms with E-state index in [1.807, 2.05) is 13.1 Å². The van der Waals surface area contributed by atoms with Gasteiger partial charge < -0.3 is 18.4 Å². The van der Waals surface area contributed by atoms with E-state index in [1.54, 1.807) is 36.9 Å². The van der Waals surface area contributed by atoms with Crippen molar-refractivity contribution in [3.05, 3.63) is 42.0 Å². The van der Waals surface area contributed by atoms with E-state index < -0.39 is 13.5 Å². The smallest absolute Gasteiger partial charge is 0.369 e. The molecule has 0 bridgehead atoms. The zero-order valence-electron chi connectivity index (χ0n) is 14.2. The minimum Gasteiger partial charge on any atom is -0.495 e. The molecular weight excluding hydrogens is 334 g/mol. The molecule has 1 heterocycles. The van der Waals surface area contributed by atoms with Crippen molar-refractivity contribution in [3.8, 4) is 11.4 Å². The number of hydrogen-bond acceptors (Lipinski definition) is 5. The first-order chi connectivity index (χ1) is 11.4. The van der Waals surface area contributed by atoms with Gasteiger partial charge in [-0.2, -0.15) is 0 Å². The van der Waals surface area contributed by atoms with Gasteiger partial charge in [0.25, 0.3) is 0 Å². The largest absolute Gasteiger partial charge is 0.495 e. The summed E-state index contributed by atoms with van der Waals surface area (Å²) >= 11 is 0. The Labute approximate surface area is 141 Å². The average Bonchev–Trinajstić information content (AvgIpc) is 3.00. The highest BCUT2D eigenvalue weighted by molar-refractivity contribution is 7.54. The summed E-state index contributed by atoms with van der Waals surface area (Å²) < 4.78 is 44.7. The van der Waals surface area contributed by atoms with Crippen LogP contribution in [-0.4, -0.2) is 29.9 Å². The fourth-order valence-electron chi connectivity index (χ4n) is 2.32. The lowest BCUT2D eigenvalue weighted by Crippen LogP contribution is -2.04. The number of hydrogen-bond donors (Lipinski definition) is 0. The van der Waals surface area contributed by atoms with E-state index in [9.17, 15) is 8.96 Å². The van der Waals surface area contributed by atoms with Gasteiger partial charge in [0.1, 0.15) is 5.75 Å². The van der Waals surface area contributed by atoms with Gasteiger partial charge in [-0.05, 0) is 32.9 Å². The van der Waals surface area contributed by atoms with Gasteiger partial charge in [0.15, 0.2) is 0 Å². The minimum absolute atomic E-state index is 0.0984. The molecule has 0 aliphatic heterocycles. The van der Waals surface area contributed by atoms with Crippen LogP contribution in [0.1, 0.15) is 31.0 Å². The van der Waals surface area contributed by atoms with Crippen LogP contribution in [0.2, 0.25) is 0 Å². The Morgan fingerprint density at radius 2 is 1.96 bits per heavy atom.